The van der Waals surface area contributed by atoms with Crippen LogP contribution >= 0.6 is 24.0 Å². The van der Waals surface area contributed by atoms with Crippen LogP contribution in [0, 0.1) is 0 Å². The minimum atomic E-state index is -4.80. The fourth-order valence-corrected chi connectivity index (χ4v) is 1.50. The number of aromatic nitrogens is 4. The van der Waals surface area contributed by atoms with Crippen molar-refractivity contribution in [3.63, 3.8) is 0 Å². The zero-order valence-corrected chi connectivity index (χ0v) is 14.1. The molecule has 0 aliphatic heterocycles. The number of guanidine groups is 1. The molecule has 0 saturated carbocycles. The first kappa shape index (κ1) is 18.9. The van der Waals surface area contributed by atoms with Gasteiger partial charge in [0, 0.05) is 0 Å². The van der Waals surface area contributed by atoms with E-state index in [-0.39, 0.29) is 42.2 Å². The molecule has 126 valence electrons. The highest BCUT2D eigenvalue weighted by molar-refractivity contribution is 14.0. The number of ether oxygens (including phenoxy) is 1. The Morgan fingerprint density at radius 2 is 2.09 bits per heavy atom. The maximum absolute atomic E-state index is 12.3. The minimum Gasteiger partial charge on any atom is -0.404 e. The molecule has 0 unspecified atom stereocenters. The van der Waals surface area contributed by atoms with E-state index in [1.165, 1.54) is 23.0 Å². The highest BCUT2D eigenvalue weighted by Gasteiger charge is 2.32. The molecule has 0 atom stereocenters. The molecule has 0 amide bonds. The lowest BCUT2D eigenvalue weighted by Gasteiger charge is -2.13. The van der Waals surface area contributed by atoms with Crippen molar-refractivity contribution in [3.05, 3.63) is 30.1 Å². The molecular formula is C11H13F3IN7O. The Morgan fingerprint density at radius 1 is 1.39 bits per heavy atom. The van der Waals surface area contributed by atoms with Crippen LogP contribution in [-0.4, -0.2) is 32.5 Å². The molecule has 0 aliphatic rings. The number of aliphatic imine (C=N–C) groups is 1. The van der Waals surface area contributed by atoms with Crippen LogP contribution in [0.4, 0.5) is 18.9 Å². The second kappa shape index (κ2) is 7.94. The molecule has 1 aromatic heterocycles. The van der Waals surface area contributed by atoms with Crippen molar-refractivity contribution in [2.45, 2.75) is 12.9 Å². The minimum absolute atomic E-state index is 0. The Kier molecular flexibility index (Phi) is 6.53. The third kappa shape index (κ3) is 6.25. The van der Waals surface area contributed by atoms with Gasteiger partial charge in [0.05, 0.1) is 12.7 Å². The average molecular weight is 443 g/mol. The summed E-state index contributed by atoms with van der Waals surface area (Å²) < 4.78 is 40.8. The van der Waals surface area contributed by atoms with Gasteiger partial charge in [-0.25, -0.2) is 4.99 Å². The fourth-order valence-electron chi connectivity index (χ4n) is 1.50. The second-order valence-corrected chi connectivity index (χ2v) is 4.07. The van der Waals surface area contributed by atoms with Crippen LogP contribution in [0.2, 0.25) is 0 Å². The fraction of sp³-hybridized carbons (Fsp3) is 0.273. The van der Waals surface area contributed by atoms with E-state index in [0.717, 1.165) is 6.07 Å². The molecule has 2 aromatic rings. The summed E-state index contributed by atoms with van der Waals surface area (Å²) in [7, 11) is 1.59. The predicted molar refractivity (Wildman–Crippen MR) is 86.3 cm³/mol. The van der Waals surface area contributed by atoms with Gasteiger partial charge in [-0.15, -0.1) is 47.3 Å². The summed E-state index contributed by atoms with van der Waals surface area (Å²) in [5.41, 5.74) is 5.65. The Morgan fingerprint density at radius 3 is 2.70 bits per heavy atom. The Bertz CT molecular complexity index is 674. The van der Waals surface area contributed by atoms with Gasteiger partial charge in [-0.3, -0.25) is 0 Å². The smallest absolute Gasteiger partial charge is 0.404 e. The number of aryl methyl sites for hydroxylation is 1. The van der Waals surface area contributed by atoms with E-state index in [9.17, 15) is 13.2 Å². The van der Waals surface area contributed by atoms with E-state index < -0.39 is 12.1 Å². The summed E-state index contributed by atoms with van der Waals surface area (Å²) in [5.74, 6) is -0.191. The number of para-hydroxylation sites is 2. The van der Waals surface area contributed by atoms with Gasteiger partial charge >= 0.3 is 6.36 Å². The Labute approximate surface area is 145 Å². The molecule has 0 bridgehead atoms. The number of benzene rings is 1. The summed E-state index contributed by atoms with van der Waals surface area (Å²) in [5, 5.41) is 13.7. The number of halogens is 4. The van der Waals surface area contributed by atoms with Gasteiger partial charge in [-0.2, -0.15) is 4.80 Å². The summed E-state index contributed by atoms with van der Waals surface area (Å²) in [6.07, 6.45) is -4.80. The molecule has 2 rings (SSSR count). The quantitative estimate of drug-likeness (QED) is 0.424. The first-order valence-corrected chi connectivity index (χ1v) is 5.98. The lowest BCUT2D eigenvalue weighted by Crippen LogP contribution is -2.24. The predicted octanol–water partition coefficient (Wildman–Crippen LogP) is 1.65. The summed E-state index contributed by atoms with van der Waals surface area (Å²) in [6.45, 7) is 0.0367. The van der Waals surface area contributed by atoms with Crippen molar-refractivity contribution < 1.29 is 17.9 Å². The lowest BCUT2D eigenvalue weighted by molar-refractivity contribution is -0.274. The van der Waals surface area contributed by atoms with Gasteiger partial charge in [-0.1, -0.05) is 12.1 Å². The van der Waals surface area contributed by atoms with Crippen molar-refractivity contribution >= 4 is 35.6 Å². The van der Waals surface area contributed by atoms with E-state index in [1.54, 1.807) is 7.05 Å². The van der Waals surface area contributed by atoms with E-state index in [4.69, 9.17) is 5.73 Å². The summed E-state index contributed by atoms with van der Waals surface area (Å²) in [6, 6.07) is 5.48. The van der Waals surface area contributed by atoms with Crippen LogP contribution < -0.4 is 15.8 Å². The topological polar surface area (TPSA) is 103 Å². The van der Waals surface area contributed by atoms with Crippen LogP contribution in [0.5, 0.6) is 5.75 Å². The third-order valence-corrected chi connectivity index (χ3v) is 2.32. The van der Waals surface area contributed by atoms with Crippen LogP contribution in [-0.2, 0) is 13.6 Å². The molecule has 0 fully saturated rings. The SMILES string of the molecule is Cn1nnc(CN=C(N)Nc2ccccc2OC(F)(F)F)n1.I. The van der Waals surface area contributed by atoms with Crippen LogP contribution in [0.3, 0.4) is 0 Å². The van der Waals surface area contributed by atoms with E-state index in [0.29, 0.717) is 5.82 Å². The molecule has 23 heavy (non-hydrogen) atoms. The Balaban J connectivity index is 0.00000264. The monoisotopic (exact) mass is 443 g/mol. The van der Waals surface area contributed by atoms with Crippen molar-refractivity contribution in [1.82, 2.24) is 20.2 Å². The van der Waals surface area contributed by atoms with Crippen molar-refractivity contribution in [1.29, 1.82) is 0 Å². The van der Waals surface area contributed by atoms with Crippen LogP contribution in [0.1, 0.15) is 5.82 Å². The number of hydrogen-bond acceptors (Lipinski definition) is 5. The van der Waals surface area contributed by atoms with E-state index in [1.807, 2.05) is 0 Å². The number of nitrogens with two attached hydrogens (primary N) is 1. The largest absolute Gasteiger partial charge is 0.573 e. The molecule has 0 spiro atoms. The molecule has 0 saturated heterocycles. The highest BCUT2D eigenvalue weighted by atomic mass is 127. The van der Waals surface area contributed by atoms with Crippen molar-refractivity contribution in [2.24, 2.45) is 17.8 Å². The summed E-state index contributed by atoms with van der Waals surface area (Å²) in [4.78, 5) is 5.16. The van der Waals surface area contributed by atoms with Gasteiger partial charge in [-0.05, 0) is 17.3 Å². The van der Waals surface area contributed by atoms with Crippen molar-refractivity contribution in [2.75, 3.05) is 5.32 Å². The number of nitrogens with one attached hydrogen (secondary N) is 1. The summed E-state index contributed by atoms with van der Waals surface area (Å²) >= 11 is 0. The van der Waals surface area contributed by atoms with Gasteiger partial charge in [0.2, 0.25) is 0 Å². The first-order chi connectivity index (χ1) is 10.3. The molecule has 8 nitrogen and oxygen atoms in total. The van der Waals surface area contributed by atoms with Crippen LogP contribution in [0.15, 0.2) is 29.3 Å². The van der Waals surface area contributed by atoms with Gasteiger partial charge in [0.15, 0.2) is 17.5 Å². The molecule has 0 radical (unpaired) electrons. The van der Waals surface area contributed by atoms with E-state index in [2.05, 4.69) is 30.5 Å². The number of tetrazole rings is 1. The number of nitrogens with zero attached hydrogens (tertiary/aromatic N) is 5. The zero-order valence-electron chi connectivity index (χ0n) is 11.8. The second-order valence-electron chi connectivity index (χ2n) is 4.07. The lowest BCUT2D eigenvalue weighted by atomic mass is 10.3. The first-order valence-electron chi connectivity index (χ1n) is 5.98. The molecule has 1 aromatic carbocycles. The van der Waals surface area contributed by atoms with Gasteiger partial charge in [0.1, 0.15) is 6.54 Å². The molecular weight excluding hydrogens is 430 g/mol. The number of rotatable bonds is 4. The molecule has 1 heterocycles. The van der Waals surface area contributed by atoms with E-state index >= 15 is 0 Å². The maximum atomic E-state index is 12.3. The number of alkyl halides is 3. The highest BCUT2D eigenvalue weighted by Crippen LogP contribution is 2.29. The normalized spacial score (nSPS) is 11.7. The number of anilines is 1. The average Bonchev–Trinajstić information content (AvgIpc) is 2.83. The molecule has 0 aliphatic carbocycles. The number of hydrogen-bond donors (Lipinski definition) is 2. The Hall–Kier alpha value is -2.12. The zero-order chi connectivity index (χ0) is 16.2. The van der Waals surface area contributed by atoms with Crippen molar-refractivity contribution in [3.8, 4) is 5.75 Å². The molecule has 3 N–H and O–H groups in total. The van der Waals surface area contributed by atoms with Crippen LogP contribution in [0.25, 0.3) is 0 Å². The standard InChI is InChI=1S/C11H12F3N7O.HI/c1-21-19-9(18-20-21)6-16-10(15)17-7-4-2-3-5-8(7)22-11(12,13)14;/h2-5H,6H2,1H3,(H3,15,16,17);1H. The van der Waals surface area contributed by atoms with Gasteiger partial charge < -0.3 is 15.8 Å². The molecule has 12 heteroatoms. The third-order valence-electron chi connectivity index (χ3n) is 2.32. The van der Waals surface area contributed by atoms with Gasteiger partial charge in [0.25, 0.3) is 0 Å². The maximum Gasteiger partial charge on any atom is 0.573 e.